The normalized spacial score (nSPS) is 23.7. The fourth-order valence-corrected chi connectivity index (χ4v) is 3.60. The van der Waals surface area contributed by atoms with Crippen LogP contribution in [0.3, 0.4) is 0 Å². The average Bonchev–Trinajstić information content (AvgIpc) is 2.93. The van der Waals surface area contributed by atoms with Gasteiger partial charge in [-0.3, -0.25) is 18.9 Å². The van der Waals surface area contributed by atoms with Crippen LogP contribution in [0, 0.1) is 5.92 Å². The zero-order valence-electron chi connectivity index (χ0n) is 13.6. The van der Waals surface area contributed by atoms with E-state index >= 15 is 0 Å². The lowest BCUT2D eigenvalue weighted by Crippen LogP contribution is -2.45. The summed E-state index contributed by atoms with van der Waals surface area (Å²) in [6.45, 7) is 2.76. The van der Waals surface area contributed by atoms with Gasteiger partial charge in [-0.1, -0.05) is 0 Å². The maximum Gasteiger partial charge on any atom is 0.250 e. The van der Waals surface area contributed by atoms with Gasteiger partial charge in [-0.05, 0) is 24.5 Å². The molecule has 1 amide bonds. The largest absolute Gasteiger partial charge is 0.339 e. The van der Waals surface area contributed by atoms with Crippen LogP contribution < -0.4 is 5.56 Å². The van der Waals surface area contributed by atoms with Crippen LogP contribution >= 0.6 is 0 Å². The Morgan fingerprint density at radius 3 is 2.61 bits per heavy atom. The number of amides is 1. The highest BCUT2D eigenvalue weighted by atomic mass is 19.1. The van der Waals surface area contributed by atoms with Gasteiger partial charge in [-0.15, -0.1) is 0 Å². The van der Waals surface area contributed by atoms with E-state index in [2.05, 4.69) is 4.90 Å². The Morgan fingerprint density at radius 2 is 2.00 bits per heavy atom. The Labute approximate surface area is 135 Å². The quantitative estimate of drug-likeness (QED) is 0.836. The minimum atomic E-state index is -0.399. The molecular formula is C17H24FN3O2. The fraction of sp³-hybridized carbons (Fsp3) is 0.647. The molecule has 1 aromatic rings. The summed E-state index contributed by atoms with van der Waals surface area (Å²) in [7, 11) is 1.75. The summed E-state index contributed by atoms with van der Waals surface area (Å²) in [6.07, 6.45) is 4.01. The molecule has 5 nitrogen and oxygen atoms in total. The molecule has 2 saturated heterocycles. The van der Waals surface area contributed by atoms with Gasteiger partial charge in [0.2, 0.25) is 5.91 Å². The summed E-state index contributed by atoms with van der Waals surface area (Å²) in [5.74, 6) is -0.00119. The highest BCUT2D eigenvalue weighted by Gasteiger charge is 2.35. The number of likely N-dealkylation sites (tertiary alicyclic amines) is 2. The van der Waals surface area contributed by atoms with Crippen LogP contribution in [0.4, 0.5) is 4.39 Å². The number of alkyl halides is 1. The SMILES string of the molecule is Cn1ccc(CN2CCC(N3CC(CF)CC3=O)CC2)cc1=O. The van der Waals surface area contributed by atoms with E-state index in [-0.39, 0.29) is 23.4 Å². The standard InChI is InChI=1S/C17H24FN3O2/c1-19-5-2-13(8-16(19)22)11-20-6-3-15(4-7-20)21-12-14(10-18)9-17(21)23/h2,5,8,14-15H,3-4,6-7,9-12H2,1H3. The molecule has 1 aromatic heterocycles. The Hall–Kier alpha value is -1.69. The van der Waals surface area contributed by atoms with Crippen LogP contribution in [-0.2, 0) is 18.4 Å². The second-order valence-corrected chi connectivity index (χ2v) is 6.76. The molecule has 126 valence electrons. The van der Waals surface area contributed by atoms with Crippen molar-refractivity contribution in [2.24, 2.45) is 13.0 Å². The molecule has 0 radical (unpaired) electrons. The first-order valence-corrected chi connectivity index (χ1v) is 8.30. The van der Waals surface area contributed by atoms with E-state index in [0.717, 1.165) is 38.0 Å². The van der Waals surface area contributed by atoms with Gasteiger partial charge in [-0.2, -0.15) is 0 Å². The Balaban J connectivity index is 1.53. The molecule has 0 aromatic carbocycles. The van der Waals surface area contributed by atoms with Gasteiger partial charge >= 0.3 is 0 Å². The molecule has 6 heteroatoms. The Bertz CT molecular complexity index is 623. The van der Waals surface area contributed by atoms with E-state index < -0.39 is 6.67 Å². The predicted molar refractivity (Wildman–Crippen MR) is 85.8 cm³/mol. The number of piperidine rings is 1. The molecule has 0 bridgehead atoms. The van der Waals surface area contributed by atoms with Crippen molar-refractivity contribution < 1.29 is 9.18 Å². The third-order valence-corrected chi connectivity index (χ3v) is 5.03. The second-order valence-electron chi connectivity index (χ2n) is 6.76. The van der Waals surface area contributed by atoms with Crippen molar-refractivity contribution in [3.8, 4) is 0 Å². The van der Waals surface area contributed by atoms with Crippen molar-refractivity contribution in [1.29, 1.82) is 0 Å². The number of hydrogen-bond acceptors (Lipinski definition) is 3. The highest BCUT2D eigenvalue weighted by Crippen LogP contribution is 2.26. The summed E-state index contributed by atoms with van der Waals surface area (Å²) < 4.78 is 14.3. The summed E-state index contributed by atoms with van der Waals surface area (Å²) in [6, 6.07) is 3.91. The summed E-state index contributed by atoms with van der Waals surface area (Å²) in [5, 5.41) is 0. The van der Waals surface area contributed by atoms with Crippen molar-refractivity contribution in [2.45, 2.75) is 31.8 Å². The smallest absolute Gasteiger partial charge is 0.250 e. The zero-order chi connectivity index (χ0) is 16.4. The number of rotatable bonds is 4. The topological polar surface area (TPSA) is 45.5 Å². The third kappa shape index (κ3) is 3.63. The minimum Gasteiger partial charge on any atom is -0.339 e. The maximum absolute atomic E-state index is 12.8. The number of hydrogen-bond donors (Lipinski definition) is 0. The van der Waals surface area contributed by atoms with Gasteiger partial charge in [0.15, 0.2) is 0 Å². The zero-order valence-corrected chi connectivity index (χ0v) is 13.6. The van der Waals surface area contributed by atoms with Crippen LogP contribution in [-0.4, -0.2) is 52.6 Å². The molecule has 0 N–H and O–H groups in total. The lowest BCUT2D eigenvalue weighted by Gasteiger charge is -2.36. The van der Waals surface area contributed by atoms with Crippen molar-refractivity contribution in [3.63, 3.8) is 0 Å². The van der Waals surface area contributed by atoms with Crippen LogP contribution in [0.5, 0.6) is 0 Å². The molecular weight excluding hydrogens is 297 g/mol. The number of halogens is 1. The Morgan fingerprint density at radius 1 is 1.26 bits per heavy atom. The van der Waals surface area contributed by atoms with Gasteiger partial charge in [0.25, 0.3) is 5.56 Å². The first-order valence-electron chi connectivity index (χ1n) is 8.30. The predicted octanol–water partition coefficient (Wildman–Crippen LogP) is 1.17. The van der Waals surface area contributed by atoms with Crippen LogP contribution in [0.1, 0.15) is 24.8 Å². The number of aryl methyl sites for hydroxylation is 1. The average molecular weight is 321 g/mol. The molecule has 2 aliphatic rings. The first kappa shape index (κ1) is 16.2. The maximum atomic E-state index is 12.8. The molecule has 0 saturated carbocycles. The summed E-state index contributed by atoms with van der Waals surface area (Å²) in [4.78, 5) is 27.9. The number of aromatic nitrogens is 1. The van der Waals surface area contributed by atoms with Gasteiger partial charge in [0, 0.05) is 63.9 Å². The van der Waals surface area contributed by atoms with E-state index in [1.165, 1.54) is 0 Å². The van der Waals surface area contributed by atoms with E-state index in [0.29, 0.717) is 13.0 Å². The summed E-state index contributed by atoms with van der Waals surface area (Å²) >= 11 is 0. The molecule has 3 heterocycles. The van der Waals surface area contributed by atoms with E-state index in [1.54, 1.807) is 23.9 Å². The molecule has 0 aliphatic carbocycles. The number of carbonyl (C=O) groups is 1. The molecule has 3 rings (SSSR count). The van der Waals surface area contributed by atoms with Crippen molar-refractivity contribution in [1.82, 2.24) is 14.4 Å². The second kappa shape index (κ2) is 6.83. The van der Waals surface area contributed by atoms with Crippen molar-refractivity contribution in [3.05, 3.63) is 34.2 Å². The van der Waals surface area contributed by atoms with E-state index in [1.807, 2.05) is 11.0 Å². The lowest BCUT2D eigenvalue weighted by atomic mass is 10.0. The van der Waals surface area contributed by atoms with Crippen molar-refractivity contribution in [2.75, 3.05) is 26.3 Å². The van der Waals surface area contributed by atoms with Gasteiger partial charge in [-0.25, -0.2) is 0 Å². The van der Waals surface area contributed by atoms with E-state index in [9.17, 15) is 14.0 Å². The third-order valence-electron chi connectivity index (χ3n) is 5.03. The molecule has 1 unspecified atom stereocenters. The van der Waals surface area contributed by atoms with E-state index in [4.69, 9.17) is 0 Å². The number of carbonyl (C=O) groups excluding carboxylic acids is 1. The number of pyridine rings is 1. The molecule has 1 atom stereocenters. The minimum absolute atomic E-state index is 0.0114. The van der Waals surface area contributed by atoms with Gasteiger partial charge < -0.3 is 9.47 Å². The van der Waals surface area contributed by atoms with Crippen LogP contribution in [0.15, 0.2) is 23.1 Å². The molecule has 23 heavy (non-hydrogen) atoms. The number of nitrogens with zero attached hydrogens (tertiary/aromatic N) is 3. The van der Waals surface area contributed by atoms with Crippen LogP contribution in [0.2, 0.25) is 0 Å². The molecule has 2 fully saturated rings. The monoisotopic (exact) mass is 321 g/mol. The fourth-order valence-electron chi connectivity index (χ4n) is 3.60. The Kier molecular flexibility index (Phi) is 4.80. The van der Waals surface area contributed by atoms with Gasteiger partial charge in [0.05, 0.1) is 6.67 Å². The highest BCUT2D eigenvalue weighted by molar-refractivity contribution is 5.79. The first-order chi connectivity index (χ1) is 11.1. The van der Waals surface area contributed by atoms with Crippen molar-refractivity contribution >= 4 is 5.91 Å². The molecule has 0 spiro atoms. The summed E-state index contributed by atoms with van der Waals surface area (Å²) in [5.41, 5.74) is 1.04. The van der Waals surface area contributed by atoms with Gasteiger partial charge in [0.1, 0.15) is 0 Å². The van der Waals surface area contributed by atoms with Crippen LogP contribution in [0.25, 0.3) is 0 Å². The molecule has 2 aliphatic heterocycles. The lowest BCUT2D eigenvalue weighted by molar-refractivity contribution is -0.130.